The van der Waals surface area contributed by atoms with Crippen LogP contribution >= 0.6 is 0 Å². The molecule has 0 saturated heterocycles. The molecule has 0 atom stereocenters. The lowest BCUT2D eigenvalue weighted by Crippen LogP contribution is -2.09. The van der Waals surface area contributed by atoms with Crippen molar-refractivity contribution in [3.8, 4) is 5.75 Å². The van der Waals surface area contributed by atoms with Crippen molar-refractivity contribution in [2.24, 2.45) is 0 Å². The van der Waals surface area contributed by atoms with Gasteiger partial charge < -0.3 is 10.5 Å². The normalized spacial score (nSPS) is 10.5. The van der Waals surface area contributed by atoms with Gasteiger partial charge in [-0.3, -0.25) is 4.79 Å². The first-order valence-corrected chi connectivity index (χ1v) is 6.96. The first-order valence-electron chi connectivity index (χ1n) is 6.96. The Kier molecular flexibility index (Phi) is 4.32. The largest absolute Gasteiger partial charge is 0.497 e. The van der Waals surface area contributed by atoms with E-state index >= 15 is 0 Å². The van der Waals surface area contributed by atoms with Gasteiger partial charge in [-0.05, 0) is 49.6 Å². The molecule has 110 valence electrons. The predicted octanol–water partition coefficient (Wildman–Crippen LogP) is 3.63. The maximum absolute atomic E-state index is 12.5. The molecule has 0 amide bonds. The Bertz CT molecular complexity index is 667. The SMILES string of the molecule is COc1ccc(C(=O)Cc2c(C)cc(C)cc2C)c(N)c1. The molecule has 3 heteroatoms. The fourth-order valence-corrected chi connectivity index (χ4v) is 2.67. The minimum Gasteiger partial charge on any atom is -0.497 e. The van der Waals surface area contributed by atoms with Crippen LogP contribution in [0.15, 0.2) is 30.3 Å². The number of nitrogens with two attached hydrogens (primary N) is 1. The first kappa shape index (κ1) is 15.1. The average molecular weight is 283 g/mol. The summed E-state index contributed by atoms with van der Waals surface area (Å²) >= 11 is 0. The van der Waals surface area contributed by atoms with Crippen molar-refractivity contribution < 1.29 is 9.53 Å². The summed E-state index contributed by atoms with van der Waals surface area (Å²) < 4.78 is 5.11. The molecular formula is C18H21NO2. The number of anilines is 1. The summed E-state index contributed by atoms with van der Waals surface area (Å²) in [5.74, 6) is 0.692. The van der Waals surface area contributed by atoms with E-state index in [-0.39, 0.29) is 5.78 Å². The van der Waals surface area contributed by atoms with Gasteiger partial charge in [0, 0.05) is 23.7 Å². The Morgan fingerprint density at radius 3 is 2.24 bits per heavy atom. The third kappa shape index (κ3) is 3.24. The molecule has 0 aliphatic rings. The number of methoxy groups -OCH3 is 1. The minimum absolute atomic E-state index is 0.0326. The second-order valence-corrected chi connectivity index (χ2v) is 5.43. The molecule has 0 aromatic heterocycles. The molecule has 0 bridgehead atoms. The molecule has 0 aliphatic carbocycles. The van der Waals surface area contributed by atoms with Crippen LogP contribution in [0.2, 0.25) is 0 Å². The van der Waals surface area contributed by atoms with Gasteiger partial charge in [0.15, 0.2) is 5.78 Å². The molecule has 2 aromatic rings. The van der Waals surface area contributed by atoms with E-state index in [1.54, 1.807) is 25.3 Å². The van der Waals surface area contributed by atoms with Crippen LogP contribution in [0.25, 0.3) is 0 Å². The molecule has 0 fully saturated rings. The summed E-state index contributed by atoms with van der Waals surface area (Å²) in [5.41, 5.74) is 11.6. The highest BCUT2D eigenvalue weighted by atomic mass is 16.5. The number of Topliss-reactive ketones (excluding diaryl/α,β-unsaturated/α-hetero) is 1. The Morgan fingerprint density at radius 2 is 1.71 bits per heavy atom. The Labute approximate surface area is 125 Å². The van der Waals surface area contributed by atoms with E-state index in [1.807, 2.05) is 13.8 Å². The lowest BCUT2D eigenvalue weighted by molar-refractivity contribution is 0.0993. The molecule has 3 nitrogen and oxygen atoms in total. The molecule has 2 N–H and O–H groups in total. The fourth-order valence-electron chi connectivity index (χ4n) is 2.67. The van der Waals surface area contributed by atoms with Gasteiger partial charge in [0.1, 0.15) is 5.75 Å². The predicted molar refractivity (Wildman–Crippen MR) is 86.1 cm³/mol. The van der Waals surface area contributed by atoms with Crippen molar-refractivity contribution in [1.29, 1.82) is 0 Å². The van der Waals surface area contributed by atoms with Crippen LogP contribution in [0.3, 0.4) is 0 Å². The number of carbonyl (C=O) groups is 1. The van der Waals surface area contributed by atoms with Crippen LogP contribution in [0, 0.1) is 20.8 Å². The summed E-state index contributed by atoms with van der Waals surface area (Å²) in [6.45, 7) is 6.15. The van der Waals surface area contributed by atoms with Gasteiger partial charge in [0.2, 0.25) is 0 Å². The van der Waals surface area contributed by atoms with Crippen LogP contribution in [0.1, 0.15) is 32.6 Å². The summed E-state index contributed by atoms with van der Waals surface area (Å²) in [6.07, 6.45) is 0.370. The molecule has 0 saturated carbocycles. The van der Waals surface area contributed by atoms with Gasteiger partial charge in [-0.15, -0.1) is 0 Å². The van der Waals surface area contributed by atoms with Crippen LogP contribution in [0.5, 0.6) is 5.75 Å². The van der Waals surface area contributed by atoms with Gasteiger partial charge in [0.25, 0.3) is 0 Å². The Balaban J connectivity index is 2.30. The van der Waals surface area contributed by atoms with Gasteiger partial charge >= 0.3 is 0 Å². The third-order valence-electron chi connectivity index (χ3n) is 3.74. The number of hydrogen-bond donors (Lipinski definition) is 1. The number of hydrogen-bond acceptors (Lipinski definition) is 3. The Hall–Kier alpha value is -2.29. The lowest BCUT2D eigenvalue weighted by atomic mass is 9.93. The maximum atomic E-state index is 12.5. The molecule has 2 aromatic carbocycles. The van der Waals surface area contributed by atoms with E-state index < -0.39 is 0 Å². The van der Waals surface area contributed by atoms with Crippen LogP contribution < -0.4 is 10.5 Å². The lowest BCUT2D eigenvalue weighted by Gasteiger charge is -2.12. The van der Waals surface area contributed by atoms with E-state index in [9.17, 15) is 4.79 Å². The topological polar surface area (TPSA) is 52.3 Å². The van der Waals surface area contributed by atoms with E-state index in [1.165, 1.54) is 5.56 Å². The van der Waals surface area contributed by atoms with Crippen molar-refractivity contribution in [3.05, 3.63) is 58.1 Å². The summed E-state index contributed by atoms with van der Waals surface area (Å²) in [7, 11) is 1.58. The molecule has 21 heavy (non-hydrogen) atoms. The van der Waals surface area contributed by atoms with Crippen molar-refractivity contribution in [2.45, 2.75) is 27.2 Å². The third-order valence-corrected chi connectivity index (χ3v) is 3.74. The molecule has 0 radical (unpaired) electrons. The highest BCUT2D eigenvalue weighted by Crippen LogP contribution is 2.23. The molecular weight excluding hydrogens is 262 g/mol. The fraction of sp³-hybridized carbons (Fsp3) is 0.278. The van der Waals surface area contributed by atoms with E-state index in [0.29, 0.717) is 23.4 Å². The number of nitrogen functional groups attached to an aromatic ring is 1. The van der Waals surface area contributed by atoms with Gasteiger partial charge in [-0.25, -0.2) is 0 Å². The van der Waals surface area contributed by atoms with Crippen molar-refractivity contribution in [1.82, 2.24) is 0 Å². The van der Waals surface area contributed by atoms with Crippen LogP contribution in [-0.4, -0.2) is 12.9 Å². The van der Waals surface area contributed by atoms with Gasteiger partial charge in [-0.1, -0.05) is 17.7 Å². The van der Waals surface area contributed by atoms with Crippen molar-refractivity contribution in [3.63, 3.8) is 0 Å². The highest BCUT2D eigenvalue weighted by Gasteiger charge is 2.14. The number of benzene rings is 2. The van der Waals surface area contributed by atoms with Crippen LogP contribution in [0.4, 0.5) is 5.69 Å². The van der Waals surface area contributed by atoms with Gasteiger partial charge in [-0.2, -0.15) is 0 Å². The number of ether oxygens (including phenoxy) is 1. The number of aryl methyl sites for hydroxylation is 3. The molecule has 0 aliphatic heterocycles. The smallest absolute Gasteiger partial charge is 0.169 e. The molecule has 0 spiro atoms. The molecule has 0 heterocycles. The van der Waals surface area contributed by atoms with Gasteiger partial charge in [0.05, 0.1) is 7.11 Å². The summed E-state index contributed by atoms with van der Waals surface area (Å²) in [5, 5.41) is 0. The quantitative estimate of drug-likeness (QED) is 0.688. The minimum atomic E-state index is 0.0326. The van der Waals surface area contributed by atoms with E-state index in [0.717, 1.165) is 16.7 Å². The summed E-state index contributed by atoms with van der Waals surface area (Å²) in [4.78, 5) is 12.5. The van der Waals surface area contributed by atoms with E-state index in [4.69, 9.17) is 10.5 Å². The average Bonchev–Trinajstić information content (AvgIpc) is 2.42. The van der Waals surface area contributed by atoms with E-state index in [2.05, 4.69) is 19.1 Å². The zero-order valence-electron chi connectivity index (χ0n) is 13.0. The number of rotatable bonds is 4. The molecule has 2 rings (SSSR count). The Morgan fingerprint density at radius 1 is 1.10 bits per heavy atom. The monoisotopic (exact) mass is 283 g/mol. The zero-order valence-corrected chi connectivity index (χ0v) is 13.0. The standard InChI is InChI=1S/C18H21NO2/c1-11-7-12(2)16(13(3)8-11)10-18(20)15-6-5-14(21-4)9-17(15)19/h5-9H,10,19H2,1-4H3. The number of ketones is 1. The maximum Gasteiger partial charge on any atom is 0.169 e. The second-order valence-electron chi connectivity index (χ2n) is 5.43. The zero-order chi connectivity index (χ0) is 15.6. The highest BCUT2D eigenvalue weighted by molar-refractivity contribution is 6.02. The van der Waals surface area contributed by atoms with Crippen molar-refractivity contribution >= 4 is 11.5 Å². The summed E-state index contributed by atoms with van der Waals surface area (Å²) in [6, 6.07) is 9.38. The number of carbonyl (C=O) groups excluding carboxylic acids is 1. The first-order chi connectivity index (χ1) is 9.92. The molecule has 0 unspecified atom stereocenters. The van der Waals surface area contributed by atoms with Crippen LogP contribution in [-0.2, 0) is 6.42 Å². The van der Waals surface area contributed by atoms with Crippen molar-refractivity contribution in [2.75, 3.05) is 12.8 Å². The second kappa shape index (κ2) is 6.00.